The van der Waals surface area contributed by atoms with Crippen molar-refractivity contribution >= 4 is 11.6 Å². The second-order valence-corrected chi connectivity index (χ2v) is 1.87. The van der Waals surface area contributed by atoms with Crippen LogP contribution in [0.2, 0.25) is 0 Å². The number of halogens is 1. The maximum atomic E-state index is 10.0. The summed E-state index contributed by atoms with van der Waals surface area (Å²) < 4.78 is 0. The van der Waals surface area contributed by atoms with Gasteiger partial charge in [0.25, 0.3) is 0 Å². The van der Waals surface area contributed by atoms with Gasteiger partial charge in [0.2, 0.25) is 0 Å². The van der Waals surface area contributed by atoms with Gasteiger partial charge < -0.3 is 10.3 Å². The van der Waals surface area contributed by atoms with Gasteiger partial charge in [0.05, 0.1) is 5.50 Å². The van der Waals surface area contributed by atoms with Crippen LogP contribution in [0.1, 0.15) is 6.42 Å². The Morgan fingerprint density at radius 3 is 2.33 bits per heavy atom. The van der Waals surface area contributed by atoms with Gasteiger partial charge in [-0.25, -0.2) is 0 Å². The molecule has 0 N–H and O–H groups in total. The van der Waals surface area contributed by atoms with Crippen molar-refractivity contribution in [2.24, 2.45) is 0 Å². The third-order valence-corrected chi connectivity index (χ3v) is 1.34. The zero-order valence-corrected chi connectivity index (χ0v) is 3.98. The van der Waals surface area contributed by atoms with Crippen LogP contribution in [0.3, 0.4) is 0 Å². The fourth-order valence-electron chi connectivity index (χ4n) is 0.332. The summed E-state index contributed by atoms with van der Waals surface area (Å²) in [6.07, 6.45) is 0.852. The average molecular weight is 107 g/mol. The molecule has 0 bridgehead atoms. The molecule has 0 aliphatic carbocycles. The van der Waals surface area contributed by atoms with Crippen LogP contribution in [0, 0.1) is 5.21 Å². The van der Waals surface area contributed by atoms with Crippen LogP contribution < -0.4 is 0 Å². The summed E-state index contributed by atoms with van der Waals surface area (Å²) in [7, 11) is 0. The smallest absolute Gasteiger partial charge is 0.0749 e. The number of hydroxylamine groups is 2. The molecule has 1 aliphatic heterocycles. The number of alkyl halides is 1. The standard InChI is InChI=1S/C3H5ClNO/c4-3-1-2-5(3)6/h3H,1-2H2/q-1. The molecule has 2 nitrogen and oxygen atoms in total. The van der Waals surface area contributed by atoms with Crippen LogP contribution in [0.4, 0.5) is 0 Å². The summed E-state index contributed by atoms with van der Waals surface area (Å²) in [5.74, 6) is 0. The van der Waals surface area contributed by atoms with E-state index in [9.17, 15) is 5.21 Å². The first-order valence-electron chi connectivity index (χ1n) is 1.88. The molecule has 1 aliphatic rings. The predicted octanol–water partition coefficient (Wildman–Crippen LogP) is 0.755. The molecule has 0 spiro atoms. The maximum Gasteiger partial charge on any atom is 0.0749 e. The van der Waals surface area contributed by atoms with Gasteiger partial charge in [-0.1, -0.05) is 0 Å². The lowest BCUT2D eigenvalue weighted by atomic mass is 10.3. The van der Waals surface area contributed by atoms with Crippen molar-refractivity contribution in [2.45, 2.75) is 11.9 Å². The van der Waals surface area contributed by atoms with Crippen LogP contribution in [0.25, 0.3) is 0 Å². The third-order valence-electron chi connectivity index (χ3n) is 0.900. The Morgan fingerprint density at radius 2 is 2.33 bits per heavy atom. The quantitative estimate of drug-likeness (QED) is 0.337. The van der Waals surface area contributed by atoms with Crippen LogP contribution in [0.5, 0.6) is 0 Å². The summed E-state index contributed by atoms with van der Waals surface area (Å²) in [5, 5.41) is 10.9. The van der Waals surface area contributed by atoms with E-state index in [0.29, 0.717) is 6.54 Å². The Kier molecular flexibility index (Phi) is 0.998. The SMILES string of the molecule is [O-]N1CCC1Cl. The number of hydrogen-bond acceptors (Lipinski definition) is 2. The Hall–Kier alpha value is 0.210. The predicted molar refractivity (Wildman–Crippen MR) is 24.3 cm³/mol. The fraction of sp³-hybridized carbons (Fsp3) is 1.00. The second kappa shape index (κ2) is 1.37. The molecular weight excluding hydrogens is 101 g/mol. The van der Waals surface area contributed by atoms with Gasteiger partial charge in [-0.15, -0.1) is 11.6 Å². The van der Waals surface area contributed by atoms with Crippen molar-refractivity contribution in [3.8, 4) is 0 Å². The number of nitrogens with zero attached hydrogens (tertiary/aromatic N) is 1. The second-order valence-electron chi connectivity index (χ2n) is 1.36. The van der Waals surface area contributed by atoms with Gasteiger partial charge >= 0.3 is 0 Å². The molecule has 1 fully saturated rings. The minimum Gasteiger partial charge on any atom is -0.784 e. The van der Waals surface area contributed by atoms with E-state index in [0.717, 1.165) is 11.5 Å². The molecule has 1 rings (SSSR count). The Balaban J connectivity index is 2.20. The minimum atomic E-state index is -0.218. The molecule has 0 aromatic heterocycles. The molecule has 0 saturated carbocycles. The van der Waals surface area contributed by atoms with E-state index in [1.54, 1.807) is 0 Å². The molecule has 0 aromatic carbocycles. The van der Waals surface area contributed by atoms with Crippen LogP contribution in [-0.2, 0) is 0 Å². The van der Waals surface area contributed by atoms with Crippen molar-refractivity contribution in [1.29, 1.82) is 0 Å². The van der Waals surface area contributed by atoms with Gasteiger partial charge in [-0.05, 0) is 13.0 Å². The highest BCUT2D eigenvalue weighted by atomic mass is 35.5. The van der Waals surface area contributed by atoms with Crippen LogP contribution >= 0.6 is 11.6 Å². The Labute approximate surface area is 41.3 Å². The van der Waals surface area contributed by atoms with E-state index < -0.39 is 0 Å². The summed E-state index contributed by atoms with van der Waals surface area (Å²) >= 11 is 5.31. The van der Waals surface area contributed by atoms with Crippen molar-refractivity contribution < 1.29 is 0 Å². The largest absolute Gasteiger partial charge is 0.784 e. The first-order valence-corrected chi connectivity index (χ1v) is 2.32. The monoisotopic (exact) mass is 106 g/mol. The van der Waals surface area contributed by atoms with E-state index in [2.05, 4.69) is 0 Å². The normalized spacial score (nSPS) is 36.0. The minimum absolute atomic E-state index is 0.218. The zero-order chi connectivity index (χ0) is 4.57. The topological polar surface area (TPSA) is 26.3 Å². The van der Waals surface area contributed by atoms with Gasteiger partial charge in [0.1, 0.15) is 0 Å². The Morgan fingerprint density at radius 1 is 1.83 bits per heavy atom. The molecule has 36 valence electrons. The molecular formula is C3H5ClNO-. The summed E-state index contributed by atoms with van der Waals surface area (Å²) in [6, 6.07) is 0. The molecule has 6 heavy (non-hydrogen) atoms. The third kappa shape index (κ3) is 0.511. The Bertz CT molecular complexity index is 50.8. The highest BCUT2D eigenvalue weighted by molar-refractivity contribution is 6.20. The first kappa shape index (κ1) is 4.37. The van der Waals surface area contributed by atoms with E-state index in [4.69, 9.17) is 11.6 Å². The highest BCUT2D eigenvalue weighted by Crippen LogP contribution is 2.17. The zero-order valence-electron chi connectivity index (χ0n) is 3.22. The number of hydrogen-bond donors (Lipinski definition) is 0. The van der Waals surface area contributed by atoms with Gasteiger partial charge in [0.15, 0.2) is 0 Å². The van der Waals surface area contributed by atoms with Crippen molar-refractivity contribution in [3.63, 3.8) is 0 Å². The van der Waals surface area contributed by atoms with Crippen LogP contribution in [-0.4, -0.2) is 17.1 Å². The molecule has 0 aromatic rings. The van der Waals surface area contributed by atoms with Gasteiger partial charge in [-0.3, -0.25) is 0 Å². The maximum absolute atomic E-state index is 10.0. The molecule has 0 amide bonds. The van der Waals surface area contributed by atoms with E-state index >= 15 is 0 Å². The fourth-order valence-corrected chi connectivity index (χ4v) is 0.527. The highest BCUT2D eigenvalue weighted by Gasteiger charge is 2.14. The average Bonchev–Trinajstić information content (AvgIpc) is 1.61. The van der Waals surface area contributed by atoms with E-state index in [1.807, 2.05) is 0 Å². The molecule has 3 heteroatoms. The summed E-state index contributed by atoms with van der Waals surface area (Å²) in [6.45, 7) is 0.619. The summed E-state index contributed by atoms with van der Waals surface area (Å²) in [5.41, 5.74) is -0.218. The molecule has 0 radical (unpaired) electrons. The van der Waals surface area contributed by atoms with Crippen molar-refractivity contribution in [1.82, 2.24) is 5.06 Å². The van der Waals surface area contributed by atoms with Crippen molar-refractivity contribution in [3.05, 3.63) is 5.21 Å². The lowest BCUT2D eigenvalue weighted by Crippen LogP contribution is -2.38. The van der Waals surface area contributed by atoms with Crippen molar-refractivity contribution in [2.75, 3.05) is 6.54 Å². The first-order chi connectivity index (χ1) is 2.80. The van der Waals surface area contributed by atoms with Gasteiger partial charge in [0, 0.05) is 0 Å². The van der Waals surface area contributed by atoms with Gasteiger partial charge in [-0.2, -0.15) is 0 Å². The molecule has 1 unspecified atom stereocenters. The molecule has 1 saturated heterocycles. The molecule has 1 heterocycles. The van der Waals surface area contributed by atoms with E-state index in [1.165, 1.54) is 0 Å². The molecule has 1 atom stereocenters. The lowest BCUT2D eigenvalue weighted by molar-refractivity contribution is 0.227. The van der Waals surface area contributed by atoms with Crippen LogP contribution in [0.15, 0.2) is 0 Å². The summed E-state index contributed by atoms with van der Waals surface area (Å²) in [4.78, 5) is 0. The lowest BCUT2D eigenvalue weighted by Gasteiger charge is -2.42. The number of rotatable bonds is 0. The van der Waals surface area contributed by atoms with E-state index in [-0.39, 0.29) is 5.50 Å².